The first-order valence-corrected chi connectivity index (χ1v) is 10.7. The molecule has 0 heterocycles. The Bertz CT molecular complexity index is 708. The summed E-state index contributed by atoms with van der Waals surface area (Å²) in [5, 5.41) is 6.30. The van der Waals surface area contributed by atoms with E-state index in [-0.39, 0.29) is 10.8 Å². The van der Waals surface area contributed by atoms with Crippen molar-refractivity contribution in [3.05, 3.63) is 29.8 Å². The molecule has 8 heteroatoms. The van der Waals surface area contributed by atoms with Crippen molar-refractivity contribution in [3.63, 3.8) is 0 Å². The molecule has 2 rings (SSSR count). The van der Waals surface area contributed by atoms with Crippen LogP contribution in [-0.2, 0) is 14.6 Å². The van der Waals surface area contributed by atoms with E-state index in [0.29, 0.717) is 24.7 Å². The third kappa shape index (κ3) is 6.42. The Labute approximate surface area is 154 Å². The lowest BCUT2D eigenvalue weighted by atomic mass is 10.1. The van der Waals surface area contributed by atoms with Crippen molar-refractivity contribution in [2.45, 2.75) is 49.5 Å². The van der Waals surface area contributed by atoms with Gasteiger partial charge in [0.15, 0.2) is 9.84 Å². The van der Waals surface area contributed by atoms with Gasteiger partial charge in [-0.3, -0.25) is 9.59 Å². The van der Waals surface area contributed by atoms with E-state index in [0.717, 1.165) is 0 Å². The molecule has 1 aromatic carbocycles. The zero-order valence-corrected chi connectivity index (χ0v) is 15.7. The Morgan fingerprint density at radius 2 is 1.62 bits per heavy atom. The number of amides is 2. The molecule has 7 nitrogen and oxygen atoms in total. The highest BCUT2D eigenvalue weighted by molar-refractivity contribution is 7.92. The van der Waals surface area contributed by atoms with Gasteiger partial charge < -0.3 is 16.4 Å². The molecule has 1 fully saturated rings. The number of hydrogen-bond donors (Lipinski definition) is 3. The second-order valence-electron chi connectivity index (χ2n) is 6.65. The van der Waals surface area contributed by atoms with Crippen LogP contribution in [0.15, 0.2) is 29.2 Å². The van der Waals surface area contributed by atoms with Crippen molar-refractivity contribution in [2.75, 3.05) is 18.8 Å². The van der Waals surface area contributed by atoms with Gasteiger partial charge in [-0.05, 0) is 37.1 Å². The number of primary amides is 1. The van der Waals surface area contributed by atoms with Crippen molar-refractivity contribution in [3.8, 4) is 0 Å². The summed E-state index contributed by atoms with van der Waals surface area (Å²) in [4.78, 5) is 22.9. The monoisotopic (exact) mass is 381 g/mol. The van der Waals surface area contributed by atoms with Crippen LogP contribution in [0.3, 0.4) is 0 Å². The highest BCUT2D eigenvalue weighted by atomic mass is 32.2. The number of sulfone groups is 1. The fraction of sp³-hybridized carbons (Fsp3) is 0.556. The molecular formula is C18H27N3O4S. The van der Waals surface area contributed by atoms with Gasteiger partial charge in [0, 0.05) is 24.7 Å². The Morgan fingerprint density at radius 3 is 2.19 bits per heavy atom. The number of hydrogen-bond acceptors (Lipinski definition) is 5. The first-order valence-electron chi connectivity index (χ1n) is 9.01. The third-order valence-electron chi connectivity index (χ3n) is 4.51. The lowest BCUT2D eigenvalue weighted by Gasteiger charge is -2.16. The summed E-state index contributed by atoms with van der Waals surface area (Å²) in [5.41, 5.74) is 5.31. The highest BCUT2D eigenvalue weighted by Crippen LogP contribution is 2.17. The van der Waals surface area contributed by atoms with E-state index in [1.54, 1.807) is 0 Å². The number of nitrogens with one attached hydrogen (secondary N) is 2. The number of nitrogens with two attached hydrogens (primary N) is 1. The van der Waals surface area contributed by atoms with Crippen molar-refractivity contribution < 1.29 is 18.0 Å². The molecule has 1 aliphatic carbocycles. The number of rotatable bonds is 8. The van der Waals surface area contributed by atoms with Gasteiger partial charge >= 0.3 is 0 Å². The highest BCUT2D eigenvalue weighted by Gasteiger charge is 2.18. The predicted octanol–water partition coefficient (Wildman–Crippen LogP) is 0.988. The second kappa shape index (κ2) is 9.68. The molecule has 0 radical (unpaired) electrons. The Hall–Kier alpha value is -1.93. The third-order valence-corrected chi connectivity index (χ3v) is 6.16. The van der Waals surface area contributed by atoms with Crippen molar-refractivity contribution in [2.24, 2.45) is 5.73 Å². The second-order valence-corrected chi connectivity index (χ2v) is 8.64. The van der Waals surface area contributed by atoms with E-state index in [1.807, 2.05) is 0 Å². The molecule has 4 N–H and O–H groups in total. The maximum absolute atomic E-state index is 12.1. The van der Waals surface area contributed by atoms with Crippen LogP contribution in [0, 0.1) is 0 Å². The average Bonchev–Trinajstić information content (AvgIpc) is 2.86. The summed E-state index contributed by atoms with van der Waals surface area (Å²) in [6.45, 7) is 1.22. The zero-order valence-electron chi connectivity index (χ0n) is 14.9. The number of benzene rings is 1. The van der Waals surface area contributed by atoms with Gasteiger partial charge in [-0.1, -0.05) is 25.7 Å². The van der Waals surface area contributed by atoms with Crippen LogP contribution >= 0.6 is 0 Å². The maximum atomic E-state index is 12.1. The average molecular weight is 381 g/mol. The normalized spacial score (nSPS) is 16.0. The molecule has 0 saturated heterocycles. The summed E-state index contributed by atoms with van der Waals surface area (Å²) in [7, 11) is -3.75. The Kier molecular flexibility index (Phi) is 7.59. The summed E-state index contributed by atoms with van der Waals surface area (Å²) in [6.07, 6.45) is 7.51. The Balaban J connectivity index is 1.79. The van der Waals surface area contributed by atoms with Crippen LogP contribution in [0.4, 0.5) is 0 Å². The lowest BCUT2D eigenvalue weighted by Crippen LogP contribution is -2.36. The molecule has 1 aromatic rings. The van der Waals surface area contributed by atoms with Crippen LogP contribution in [0.25, 0.3) is 0 Å². The summed E-state index contributed by atoms with van der Waals surface area (Å²) < 4.78 is 23.8. The first kappa shape index (κ1) is 20.4. The first-order chi connectivity index (χ1) is 12.4. The molecular weight excluding hydrogens is 354 g/mol. The molecule has 2 amide bonds. The van der Waals surface area contributed by atoms with Crippen molar-refractivity contribution >= 4 is 21.7 Å². The molecule has 0 aliphatic heterocycles. The van der Waals surface area contributed by atoms with Gasteiger partial charge in [0.1, 0.15) is 5.75 Å². The van der Waals surface area contributed by atoms with E-state index in [1.165, 1.54) is 62.8 Å². The quantitative estimate of drug-likeness (QED) is 0.458. The van der Waals surface area contributed by atoms with Gasteiger partial charge in [-0.2, -0.15) is 0 Å². The van der Waals surface area contributed by atoms with Crippen LogP contribution in [0.2, 0.25) is 0 Å². The fourth-order valence-corrected chi connectivity index (χ4v) is 4.21. The van der Waals surface area contributed by atoms with Gasteiger partial charge in [0.05, 0.1) is 4.90 Å². The minimum atomic E-state index is -3.75. The maximum Gasteiger partial charge on any atom is 0.251 e. The van der Waals surface area contributed by atoms with Crippen molar-refractivity contribution in [1.29, 1.82) is 0 Å². The zero-order chi connectivity index (χ0) is 19.0. The van der Waals surface area contributed by atoms with E-state index in [2.05, 4.69) is 10.6 Å². The van der Waals surface area contributed by atoms with E-state index < -0.39 is 21.5 Å². The summed E-state index contributed by atoms with van der Waals surface area (Å²) in [6, 6.07) is 6.03. The molecule has 0 spiro atoms. The van der Waals surface area contributed by atoms with E-state index >= 15 is 0 Å². The van der Waals surface area contributed by atoms with Gasteiger partial charge in [-0.25, -0.2) is 8.42 Å². The predicted molar refractivity (Wildman–Crippen MR) is 99.5 cm³/mol. The van der Waals surface area contributed by atoms with Gasteiger partial charge in [-0.15, -0.1) is 0 Å². The molecule has 0 atom stereocenters. The largest absolute Gasteiger partial charge is 0.369 e. The van der Waals surface area contributed by atoms with Gasteiger partial charge in [0.2, 0.25) is 5.91 Å². The number of carbonyl (C=O) groups excluding carboxylic acids is 2. The lowest BCUT2D eigenvalue weighted by molar-refractivity contribution is -0.115. The molecule has 1 aliphatic rings. The molecule has 0 unspecified atom stereocenters. The summed E-state index contributed by atoms with van der Waals surface area (Å²) >= 11 is 0. The standard InChI is InChI=1S/C18H27N3O4S/c19-17(22)13-26(24,25)16-9-7-14(8-10-16)18(23)21-12-11-20-15-5-3-1-2-4-6-15/h7-10,15,20H,1-6,11-13H2,(H2,19,22)(H,21,23). The minimum absolute atomic E-state index is 0.0251. The SMILES string of the molecule is NC(=O)CS(=O)(=O)c1ccc(C(=O)NCCNC2CCCCCC2)cc1. The molecule has 0 bridgehead atoms. The van der Waals surface area contributed by atoms with Crippen LogP contribution < -0.4 is 16.4 Å². The van der Waals surface area contributed by atoms with Crippen LogP contribution in [0.1, 0.15) is 48.9 Å². The minimum Gasteiger partial charge on any atom is -0.369 e. The number of carbonyl (C=O) groups is 2. The molecule has 0 aromatic heterocycles. The Morgan fingerprint density at radius 1 is 1.00 bits per heavy atom. The van der Waals surface area contributed by atoms with Crippen LogP contribution in [0.5, 0.6) is 0 Å². The van der Waals surface area contributed by atoms with Crippen molar-refractivity contribution in [1.82, 2.24) is 10.6 Å². The molecule has 26 heavy (non-hydrogen) atoms. The molecule has 144 valence electrons. The smallest absolute Gasteiger partial charge is 0.251 e. The topological polar surface area (TPSA) is 118 Å². The van der Waals surface area contributed by atoms with E-state index in [9.17, 15) is 18.0 Å². The fourth-order valence-electron chi connectivity index (χ4n) is 3.12. The summed E-state index contributed by atoms with van der Waals surface area (Å²) in [5.74, 6) is -1.91. The van der Waals surface area contributed by atoms with Gasteiger partial charge in [0.25, 0.3) is 5.91 Å². The molecule has 1 saturated carbocycles. The van der Waals surface area contributed by atoms with E-state index in [4.69, 9.17) is 5.73 Å². The van der Waals surface area contributed by atoms with Crippen LogP contribution in [-0.4, -0.2) is 45.1 Å².